The summed E-state index contributed by atoms with van der Waals surface area (Å²) < 4.78 is 10.3. The molecule has 0 aliphatic heterocycles. The third-order valence-electron chi connectivity index (χ3n) is 3.06. The van der Waals surface area contributed by atoms with Crippen molar-refractivity contribution in [3.63, 3.8) is 0 Å². The molecule has 0 aliphatic rings. The molecular formula is C16H19NO3. The van der Waals surface area contributed by atoms with Crippen molar-refractivity contribution < 1.29 is 14.6 Å². The van der Waals surface area contributed by atoms with Gasteiger partial charge in [-0.1, -0.05) is 30.3 Å². The van der Waals surface area contributed by atoms with Gasteiger partial charge >= 0.3 is 0 Å². The topological polar surface area (TPSA) is 50.7 Å². The van der Waals surface area contributed by atoms with Gasteiger partial charge in [-0.15, -0.1) is 0 Å². The summed E-state index contributed by atoms with van der Waals surface area (Å²) in [6, 6.07) is 15.3. The highest BCUT2D eigenvalue weighted by Crippen LogP contribution is 2.30. The molecule has 0 fully saturated rings. The molecule has 0 aromatic heterocycles. The lowest BCUT2D eigenvalue weighted by atomic mass is 10.1. The number of phenols is 1. The van der Waals surface area contributed by atoms with Crippen molar-refractivity contribution in [2.45, 2.75) is 6.04 Å². The van der Waals surface area contributed by atoms with Crippen LogP contribution in [0.4, 0.5) is 5.69 Å². The molecule has 1 atom stereocenters. The Morgan fingerprint density at radius 3 is 2.45 bits per heavy atom. The lowest BCUT2D eigenvalue weighted by Crippen LogP contribution is -2.16. The van der Waals surface area contributed by atoms with Crippen LogP contribution in [0.5, 0.6) is 11.5 Å². The van der Waals surface area contributed by atoms with Gasteiger partial charge in [0.2, 0.25) is 0 Å². The lowest BCUT2D eigenvalue weighted by Gasteiger charge is -2.20. The summed E-state index contributed by atoms with van der Waals surface area (Å²) in [5, 5.41) is 13.2. The molecule has 0 spiro atoms. The van der Waals surface area contributed by atoms with Crippen molar-refractivity contribution in [3.8, 4) is 11.5 Å². The Kier molecular flexibility index (Phi) is 4.85. The van der Waals surface area contributed by atoms with E-state index in [0.717, 1.165) is 11.3 Å². The molecule has 20 heavy (non-hydrogen) atoms. The second kappa shape index (κ2) is 6.82. The van der Waals surface area contributed by atoms with Gasteiger partial charge in [0.15, 0.2) is 11.5 Å². The van der Waals surface area contributed by atoms with Crippen molar-refractivity contribution in [1.29, 1.82) is 0 Å². The van der Waals surface area contributed by atoms with Gasteiger partial charge in [0.1, 0.15) is 0 Å². The number of anilines is 1. The van der Waals surface area contributed by atoms with Crippen molar-refractivity contribution in [2.24, 2.45) is 0 Å². The fourth-order valence-corrected chi connectivity index (χ4v) is 2.05. The van der Waals surface area contributed by atoms with Crippen LogP contribution in [-0.2, 0) is 4.74 Å². The molecule has 0 radical (unpaired) electrons. The fraction of sp³-hybridized carbons (Fsp3) is 0.250. The number of phenolic OH excluding ortho intramolecular Hbond substituents is 1. The normalized spacial score (nSPS) is 11.9. The molecular weight excluding hydrogens is 254 g/mol. The van der Waals surface area contributed by atoms with Crippen LogP contribution in [0.1, 0.15) is 11.6 Å². The minimum atomic E-state index is 0.0222. The number of nitrogens with one attached hydrogen (secondary N) is 1. The Morgan fingerprint density at radius 2 is 1.85 bits per heavy atom. The van der Waals surface area contributed by atoms with Gasteiger partial charge in [0.25, 0.3) is 0 Å². The van der Waals surface area contributed by atoms with Crippen molar-refractivity contribution in [3.05, 3.63) is 54.1 Å². The molecule has 106 valence electrons. The zero-order valence-corrected chi connectivity index (χ0v) is 11.7. The Bertz CT molecular complexity index is 543. The number of hydrogen-bond acceptors (Lipinski definition) is 4. The Labute approximate surface area is 119 Å². The summed E-state index contributed by atoms with van der Waals surface area (Å²) in [7, 11) is 3.20. The van der Waals surface area contributed by atoms with E-state index in [2.05, 4.69) is 5.32 Å². The number of rotatable bonds is 6. The van der Waals surface area contributed by atoms with E-state index >= 15 is 0 Å². The maximum absolute atomic E-state index is 9.81. The summed E-state index contributed by atoms with van der Waals surface area (Å²) in [5.74, 6) is 0.570. The molecule has 2 aromatic rings. The first-order valence-corrected chi connectivity index (χ1v) is 6.42. The molecule has 0 saturated heterocycles. The zero-order chi connectivity index (χ0) is 14.4. The number of ether oxygens (including phenoxy) is 2. The smallest absolute Gasteiger partial charge is 0.160 e. The standard InChI is InChI=1S/C16H19NO3/c1-19-11-14(12-6-4-3-5-7-12)17-13-8-9-16(20-2)15(18)10-13/h3-10,14,17-18H,11H2,1-2H3. The minimum Gasteiger partial charge on any atom is -0.504 e. The number of benzene rings is 2. The molecule has 0 amide bonds. The van der Waals surface area contributed by atoms with Gasteiger partial charge in [0.05, 0.1) is 19.8 Å². The van der Waals surface area contributed by atoms with E-state index < -0.39 is 0 Å². The summed E-state index contributed by atoms with van der Waals surface area (Å²) in [4.78, 5) is 0. The molecule has 0 heterocycles. The average Bonchev–Trinajstić information content (AvgIpc) is 2.48. The SMILES string of the molecule is COCC(Nc1ccc(OC)c(O)c1)c1ccccc1. The monoisotopic (exact) mass is 273 g/mol. The van der Waals surface area contributed by atoms with Crippen molar-refractivity contribution in [1.82, 2.24) is 0 Å². The van der Waals surface area contributed by atoms with E-state index in [4.69, 9.17) is 9.47 Å². The van der Waals surface area contributed by atoms with Crippen LogP contribution in [-0.4, -0.2) is 25.9 Å². The number of hydrogen-bond donors (Lipinski definition) is 2. The number of aromatic hydroxyl groups is 1. The third kappa shape index (κ3) is 3.42. The molecule has 4 heteroatoms. The zero-order valence-electron chi connectivity index (χ0n) is 11.7. The first-order chi connectivity index (χ1) is 9.74. The minimum absolute atomic E-state index is 0.0222. The molecule has 2 N–H and O–H groups in total. The van der Waals surface area contributed by atoms with Crippen LogP contribution in [0.3, 0.4) is 0 Å². The maximum Gasteiger partial charge on any atom is 0.160 e. The lowest BCUT2D eigenvalue weighted by molar-refractivity contribution is 0.186. The predicted molar refractivity (Wildman–Crippen MR) is 79.3 cm³/mol. The number of methoxy groups -OCH3 is 2. The molecule has 0 aliphatic carbocycles. The van der Waals surface area contributed by atoms with Crippen LogP contribution in [0.15, 0.2) is 48.5 Å². The molecule has 4 nitrogen and oxygen atoms in total. The van der Waals surface area contributed by atoms with Gasteiger partial charge in [-0.25, -0.2) is 0 Å². The quantitative estimate of drug-likeness (QED) is 0.848. The Hall–Kier alpha value is -2.20. The van der Waals surface area contributed by atoms with Crippen LogP contribution < -0.4 is 10.1 Å². The van der Waals surface area contributed by atoms with E-state index in [1.54, 1.807) is 19.2 Å². The highest BCUT2D eigenvalue weighted by molar-refractivity contribution is 5.55. The Morgan fingerprint density at radius 1 is 1.10 bits per heavy atom. The van der Waals surface area contributed by atoms with Crippen LogP contribution in [0.2, 0.25) is 0 Å². The summed E-state index contributed by atoms with van der Waals surface area (Å²) in [6.07, 6.45) is 0. The Balaban J connectivity index is 2.18. The molecule has 2 aromatic carbocycles. The molecule has 1 unspecified atom stereocenters. The second-order valence-electron chi connectivity index (χ2n) is 4.45. The summed E-state index contributed by atoms with van der Waals surface area (Å²) in [5.41, 5.74) is 1.94. The summed E-state index contributed by atoms with van der Waals surface area (Å²) >= 11 is 0. The second-order valence-corrected chi connectivity index (χ2v) is 4.45. The van der Waals surface area contributed by atoms with E-state index in [1.165, 1.54) is 7.11 Å². The largest absolute Gasteiger partial charge is 0.504 e. The van der Waals surface area contributed by atoms with Gasteiger partial charge in [0, 0.05) is 18.9 Å². The van der Waals surface area contributed by atoms with Crippen LogP contribution >= 0.6 is 0 Å². The van der Waals surface area contributed by atoms with Crippen molar-refractivity contribution >= 4 is 5.69 Å². The fourth-order valence-electron chi connectivity index (χ4n) is 2.05. The van der Waals surface area contributed by atoms with Gasteiger partial charge in [-0.2, -0.15) is 0 Å². The van der Waals surface area contributed by atoms with E-state index in [0.29, 0.717) is 12.4 Å². The van der Waals surface area contributed by atoms with Crippen LogP contribution in [0, 0.1) is 0 Å². The highest BCUT2D eigenvalue weighted by atomic mass is 16.5. The van der Waals surface area contributed by atoms with E-state index in [-0.39, 0.29) is 11.8 Å². The van der Waals surface area contributed by atoms with E-state index in [1.807, 2.05) is 36.4 Å². The molecule has 0 bridgehead atoms. The van der Waals surface area contributed by atoms with E-state index in [9.17, 15) is 5.11 Å². The predicted octanol–water partition coefficient (Wildman–Crippen LogP) is 3.20. The van der Waals surface area contributed by atoms with Crippen molar-refractivity contribution in [2.75, 3.05) is 26.1 Å². The first-order valence-electron chi connectivity index (χ1n) is 6.42. The van der Waals surface area contributed by atoms with Gasteiger partial charge in [-0.3, -0.25) is 0 Å². The molecule has 2 rings (SSSR count). The first kappa shape index (κ1) is 14.2. The van der Waals surface area contributed by atoms with Gasteiger partial charge < -0.3 is 19.9 Å². The highest BCUT2D eigenvalue weighted by Gasteiger charge is 2.12. The van der Waals surface area contributed by atoms with Crippen LogP contribution in [0.25, 0.3) is 0 Å². The maximum atomic E-state index is 9.81. The average molecular weight is 273 g/mol. The summed E-state index contributed by atoms with van der Waals surface area (Å²) in [6.45, 7) is 0.538. The van der Waals surface area contributed by atoms with Gasteiger partial charge in [-0.05, 0) is 17.7 Å². The third-order valence-corrected chi connectivity index (χ3v) is 3.06. The molecule has 0 saturated carbocycles.